The molecular weight excluding hydrogens is 414 g/mol. The van der Waals surface area contributed by atoms with Gasteiger partial charge < -0.3 is 5.32 Å². The van der Waals surface area contributed by atoms with Gasteiger partial charge >= 0.3 is 0 Å². The molecule has 3 aromatic carbocycles. The molecule has 0 aliphatic carbocycles. The molecule has 5 rings (SSSR count). The number of nitrogens with zero attached hydrogens (tertiary/aromatic N) is 2. The molecule has 0 spiro atoms. The first-order chi connectivity index (χ1) is 16.1. The zero-order chi connectivity index (χ0) is 22.8. The van der Waals surface area contributed by atoms with E-state index in [1.54, 1.807) is 48.5 Å². The Labute approximate surface area is 192 Å². The molecule has 2 aliphatic heterocycles. The number of hydrogen-bond donors (Lipinski definition) is 1. The van der Waals surface area contributed by atoms with Gasteiger partial charge in [0.1, 0.15) is 0 Å². The van der Waals surface area contributed by atoms with E-state index in [-0.39, 0.29) is 30.3 Å². The Morgan fingerprint density at radius 3 is 2.06 bits per heavy atom. The molecule has 33 heavy (non-hydrogen) atoms. The molecule has 0 aromatic heterocycles. The number of hydrogen-bond acceptors (Lipinski definition) is 4. The Balaban J connectivity index is 1.16. The van der Waals surface area contributed by atoms with Crippen LogP contribution in [0.25, 0.3) is 0 Å². The van der Waals surface area contributed by atoms with Crippen LogP contribution in [0.3, 0.4) is 0 Å². The number of carbonyl (C=O) groups excluding carboxylic acids is 3. The first-order valence-corrected chi connectivity index (χ1v) is 11.2. The molecule has 3 aromatic rings. The third-order valence-corrected chi connectivity index (χ3v) is 6.29. The number of rotatable bonds is 6. The predicted octanol–water partition coefficient (Wildman–Crippen LogP) is 3.49. The van der Waals surface area contributed by atoms with E-state index in [9.17, 15) is 14.4 Å². The van der Waals surface area contributed by atoms with Crippen molar-refractivity contribution in [1.82, 2.24) is 15.1 Å². The molecule has 1 fully saturated rings. The van der Waals surface area contributed by atoms with Crippen molar-refractivity contribution < 1.29 is 14.4 Å². The van der Waals surface area contributed by atoms with E-state index in [0.717, 1.165) is 31.6 Å². The lowest BCUT2D eigenvalue weighted by atomic mass is 10.1. The minimum absolute atomic E-state index is 0.103. The summed E-state index contributed by atoms with van der Waals surface area (Å²) in [6.45, 7) is 2.86. The summed E-state index contributed by atoms with van der Waals surface area (Å²) in [4.78, 5) is 41.4. The summed E-state index contributed by atoms with van der Waals surface area (Å²) in [5.74, 6) is -0.661. The van der Waals surface area contributed by atoms with E-state index in [0.29, 0.717) is 16.7 Å². The molecule has 166 valence electrons. The van der Waals surface area contributed by atoms with Gasteiger partial charge in [-0.05, 0) is 41.8 Å². The number of imide groups is 1. The van der Waals surface area contributed by atoms with Gasteiger partial charge in [-0.1, -0.05) is 54.6 Å². The standard InChI is InChI=1S/C27H25N3O3/c31-25(28-22-14-15-29(18-22)16-19-6-2-1-3-7-19)21-12-10-20(11-13-21)17-30-26(32)23-8-4-5-9-24(23)27(30)33/h1-13,22H,14-18H2,(H,28,31)/t22-/m1/s1. The topological polar surface area (TPSA) is 69.7 Å². The fourth-order valence-corrected chi connectivity index (χ4v) is 4.53. The Morgan fingerprint density at radius 2 is 1.39 bits per heavy atom. The van der Waals surface area contributed by atoms with Crippen LogP contribution in [-0.2, 0) is 13.1 Å². The van der Waals surface area contributed by atoms with Gasteiger partial charge in [-0.25, -0.2) is 0 Å². The zero-order valence-electron chi connectivity index (χ0n) is 18.2. The Kier molecular flexibility index (Phi) is 5.75. The normalized spacial score (nSPS) is 17.9. The summed E-state index contributed by atoms with van der Waals surface area (Å²) in [6, 6.07) is 24.4. The van der Waals surface area contributed by atoms with Gasteiger partial charge in [-0.2, -0.15) is 0 Å². The number of amides is 3. The smallest absolute Gasteiger partial charge is 0.261 e. The van der Waals surface area contributed by atoms with Crippen molar-refractivity contribution in [1.29, 1.82) is 0 Å². The van der Waals surface area contributed by atoms with Crippen LogP contribution in [0.4, 0.5) is 0 Å². The Bertz CT molecular complexity index is 1160. The van der Waals surface area contributed by atoms with Gasteiger partial charge in [0.25, 0.3) is 17.7 Å². The molecule has 0 unspecified atom stereocenters. The van der Waals surface area contributed by atoms with Crippen LogP contribution < -0.4 is 5.32 Å². The molecule has 1 N–H and O–H groups in total. The lowest BCUT2D eigenvalue weighted by Gasteiger charge is -2.17. The fourth-order valence-electron chi connectivity index (χ4n) is 4.53. The molecule has 0 saturated carbocycles. The van der Waals surface area contributed by atoms with Crippen LogP contribution in [0.5, 0.6) is 0 Å². The highest BCUT2D eigenvalue weighted by Gasteiger charge is 2.35. The number of carbonyl (C=O) groups is 3. The van der Waals surface area contributed by atoms with E-state index < -0.39 is 0 Å². The van der Waals surface area contributed by atoms with Gasteiger partial charge in [0.05, 0.1) is 17.7 Å². The van der Waals surface area contributed by atoms with Crippen molar-refractivity contribution in [3.63, 3.8) is 0 Å². The molecule has 1 saturated heterocycles. The van der Waals surface area contributed by atoms with Crippen LogP contribution in [0.1, 0.15) is 48.6 Å². The second-order valence-electron chi connectivity index (χ2n) is 8.62. The van der Waals surface area contributed by atoms with Gasteiger partial charge in [0.15, 0.2) is 0 Å². The molecular formula is C27H25N3O3. The molecule has 6 nitrogen and oxygen atoms in total. The zero-order valence-corrected chi connectivity index (χ0v) is 18.2. The van der Waals surface area contributed by atoms with Gasteiger partial charge in [0.2, 0.25) is 0 Å². The highest BCUT2D eigenvalue weighted by molar-refractivity contribution is 6.21. The van der Waals surface area contributed by atoms with Crippen LogP contribution in [-0.4, -0.2) is 46.7 Å². The lowest BCUT2D eigenvalue weighted by Crippen LogP contribution is -2.37. The average molecular weight is 440 g/mol. The summed E-state index contributed by atoms with van der Waals surface area (Å²) in [6.07, 6.45) is 0.927. The largest absolute Gasteiger partial charge is 0.348 e. The third kappa shape index (κ3) is 4.43. The second-order valence-corrected chi connectivity index (χ2v) is 8.62. The molecule has 2 aliphatic rings. The minimum Gasteiger partial charge on any atom is -0.348 e. The molecule has 3 amide bonds. The Hall–Kier alpha value is -3.77. The van der Waals surface area contributed by atoms with Crippen molar-refractivity contribution >= 4 is 17.7 Å². The third-order valence-electron chi connectivity index (χ3n) is 6.29. The first-order valence-electron chi connectivity index (χ1n) is 11.2. The van der Waals surface area contributed by atoms with E-state index in [1.165, 1.54) is 10.5 Å². The van der Waals surface area contributed by atoms with E-state index >= 15 is 0 Å². The van der Waals surface area contributed by atoms with E-state index in [2.05, 4.69) is 22.3 Å². The van der Waals surface area contributed by atoms with Crippen molar-refractivity contribution in [2.24, 2.45) is 0 Å². The van der Waals surface area contributed by atoms with E-state index in [4.69, 9.17) is 0 Å². The Morgan fingerprint density at radius 1 is 0.788 bits per heavy atom. The number of fused-ring (bicyclic) bond motifs is 1. The first kappa shape index (κ1) is 21.1. The van der Waals surface area contributed by atoms with E-state index in [1.807, 2.05) is 18.2 Å². The van der Waals surface area contributed by atoms with Crippen LogP contribution in [0, 0.1) is 0 Å². The molecule has 0 bridgehead atoms. The van der Waals surface area contributed by atoms with Crippen molar-refractivity contribution in [3.05, 3.63) is 107 Å². The SMILES string of the molecule is O=C(N[C@@H]1CCN(Cc2ccccc2)C1)c1ccc(CN2C(=O)c3ccccc3C2=O)cc1. The number of nitrogens with one attached hydrogen (secondary N) is 1. The van der Waals surface area contributed by atoms with Crippen LogP contribution >= 0.6 is 0 Å². The van der Waals surface area contributed by atoms with Gasteiger partial charge in [0, 0.05) is 31.2 Å². The summed E-state index contributed by atoms with van der Waals surface area (Å²) >= 11 is 0. The van der Waals surface area contributed by atoms with Crippen molar-refractivity contribution in [3.8, 4) is 0 Å². The maximum absolute atomic E-state index is 12.7. The summed E-state index contributed by atoms with van der Waals surface area (Å²) in [7, 11) is 0. The van der Waals surface area contributed by atoms with Crippen molar-refractivity contribution in [2.45, 2.75) is 25.6 Å². The molecule has 0 radical (unpaired) electrons. The average Bonchev–Trinajstić information content (AvgIpc) is 3.38. The van der Waals surface area contributed by atoms with Crippen LogP contribution in [0.15, 0.2) is 78.9 Å². The fraction of sp³-hybridized carbons (Fsp3) is 0.222. The summed E-state index contributed by atoms with van der Waals surface area (Å²) in [5, 5.41) is 3.13. The molecule has 1 atom stereocenters. The van der Waals surface area contributed by atoms with Crippen LogP contribution in [0.2, 0.25) is 0 Å². The summed E-state index contributed by atoms with van der Waals surface area (Å²) < 4.78 is 0. The number of likely N-dealkylation sites (tertiary alicyclic amines) is 1. The van der Waals surface area contributed by atoms with Gasteiger partial charge in [-0.3, -0.25) is 24.2 Å². The lowest BCUT2D eigenvalue weighted by molar-refractivity contribution is 0.0641. The minimum atomic E-state index is -0.279. The molecule has 2 heterocycles. The quantitative estimate of drug-likeness (QED) is 0.597. The molecule has 6 heteroatoms. The highest BCUT2D eigenvalue weighted by Crippen LogP contribution is 2.24. The van der Waals surface area contributed by atoms with Crippen molar-refractivity contribution in [2.75, 3.05) is 13.1 Å². The second kappa shape index (κ2) is 9.00. The summed E-state index contributed by atoms with van der Waals surface area (Å²) in [5.41, 5.74) is 3.53. The van der Waals surface area contributed by atoms with Gasteiger partial charge in [-0.15, -0.1) is 0 Å². The maximum atomic E-state index is 12.7. The monoisotopic (exact) mass is 439 g/mol. The maximum Gasteiger partial charge on any atom is 0.261 e. The highest BCUT2D eigenvalue weighted by atomic mass is 16.2. The predicted molar refractivity (Wildman–Crippen MR) is 125 cm³/mol. The number of benzene rings is 3.